The van der Waals surface area contributed by atoms with Crippen molar-refractivity contribution < 1.29 is 4.74 Å². The average Bonchev–Trinajstić information content (AvgIpc) is 2.29. The highest BCUT2D eigenvalue weighted by Crippen LogP contribution is 2.10. The maximum absolute atomic E-state index is 5.48. The Morgan fingerprint density at radius 3 is 3.00 bits per heavy atom. The van der Waals surface area contributed by atoms with E-state index >= 15 is 0 Å². The van der Waals surface area contributed by atoms with Crippen molar-refractivity contribution in [2.24, 2.45) is 5.92 Å². The van der Waals surface area contributed by atoms with Gasteiger partial charge in [0.2, 0.25) is 0 Å². The number of hydrogen-bond acceptors (Lipinski definition) is 4. The first kappa shape index (κ1) is 9.40. The highest BCUT2D eigenvalue weighted by atomic mass is 16.5. The van der Waals surface area contributed by atoms with E-state index in [-0.39, 0.29) is 0 Å². The van der Waals surface area contributed by atoms with Gasteiger partial charge < -0.3 is 10.1 Å². The minimum atomic E-state index is 0.484. The standard InChI is InChI=1S/C10H15N3O/c1-3-9(7-11-4-1)8-14-10-12-5-2-6-13-10/h2,5-6,9,11H,1,3-4,7-8H2/t9-/m1/s1. The monoisotopic (exact) mass is 193 g/mol. The van der Waals surface area contributed by atoms with Gasteiger partial charge in [-0.15, -0.1) is 0 Å². The van der Waals surface area contributed by atoms with Crippen molar-refractivity contribution in [3.63, 3.8) is 0 Å². The zero-order valence-corrected chi connectivity index (χ0v) is 8.15. The molecule has 1 aliphatic rings. The molecule has 1 fully saturated rings. The Morgan fingerprint density at radius 1 is 1.43 bits per heavy atom. The Hall–Kier alpha value is -1.16. The molecule has 2 heterocycles. The van der Waals surface area contributed by atoms with Crippen LogP contribution in [0.3, 0.4) is 0 Å². The molecule has 1 aromatic heterocycles. The van der Waals surface area contributed by atoms with Gasteiger partial charge in [-0.05, 0) is 25.5 Å². The molecule has 1 aliphatic heterocycles. The summed E-state index contributed by atoms with van der Waals surface area (Å²) in [7, 11) is 0. The van der Waals surface area contributed by atoms with Crippen LogP contribution >= 0.6 is 0 Å². The fraction of sp³-hybridized carbons (Fsp3) is 0.600. The van der Waals surface area contributed by atoms with Crippen LogP contribution in [0.1, 0.15) is 12.8 Å². The van der Waals surface area contributed by atoms with Crippen LogP contribution in [-0.4, -0.2) is 29.7 Å². The van der Waals surface area contributed by atoms with Crippen LogP contribution in [0.2, 0.25) is 0 Å². The molecule has 4 heteroatoms. The van der Waals surface area contributed by atoms with Crippen LogP contribution in [0.25, 0.3) is 0 Å². The molecule has 0 amide bonds. The van der Waals surface area contributed by atoms with E-state index in [4.69, 9.17) is 4.74 Å². The molecule has 76 valence electrons. The first-order valence-electron chi connectivity index (χ1n) is 5.05. The second-order valence-corrected chi connectivity index (χ2v) is 3.55. The van der Waals surface area contributed by atoms with Crippen LogP contribution in [0, 0.1) is 5.92 Å². The van der Waals surface area contributed by atoms with Gasteiger partial charge in [0, 0.05) is 24.9 Å². The van der Waals surface area contributed by atoms with Gasteiger partial charge in [0.15, 0.2) is 0 Å². The van der Waals surface area contributed by atoms with Gasteiger partial charge in [-0.3, -0.25) is 0 Å². The van der Waals surface area contributed by atoms with Gasteiger partial charge in [-0.1, -0.05) is 0 Å². The summed E-state index contributed by atoms with van der Waals surface area (Å²) < 4.78 is 5.48. The molecular formula is C10H15N3O. The maximum atomic E-state index is 5.48. The van der Waals surface area contributed by atoms with E-state index in [9.17, 15) is 0 Å². The normalized spacial score (nSPS) is 21.9. The van der Waals surface area contributed by atoms with Crippen LogP contribution in [0.5, 0.6) is 6.01 Å². The summed E-state index contributed by atoms with van der Waals surface area (Å²) in [5.41, 5.74) is 0. The number of nitrogens with one attached hydrogen (secondary N) is 1. The van der Waals surface area contributed by atoms with Crippen molar-refractivity contribution in [1.29, 1.82) is 0 Å². The van der Waals surface area contributed by atoms with E-state index in [0.717, 1.165) is 19.7 Å². The highest BCUT2D eigenvalue weighted by molar-refractivity contribution is 4.93. The summed E-state index contributed by atoms with van der Waals surface area (Å²) in [6, 6.07) is 2.27. The minimum absolute atomic E-state index is 0.484. The molecule has 0 aliphatic carbocycles. The first-order valence-corrected chi connectivity index (χ1v) is 5.05. The van der Waals surface area contributed by atoms with E-state index in [2.05, 4.69) is 15.3 Å². The zero-order chi connectivity index (χ0) is 9.64. The van der Waals surface area contributed by atoms with Crippen molar-refractivity contribution in [2.45, 2.75) is 12.8 Å². The van der Waals surface area contributed by atoms with E-state index in [1.54, 1.807) is 18.5 Å². The Labute approximate surface area is 83.7 Å². The maximum Gasteiger partial charge on any atom is 0.316 e. The smallest absolute Gasteiger partial charge is 0.316 e. The third-order valence-electron chi connectivity index (χ3n) is 2.39. The molecule has 0 saturated carbocycles. The van der Waals surface area contributed by atoms with Gasteiger partial charge in [-0.25, -0.2) is 9.97 Å². The van der Waals surface area contributed by atoms with Crippen LogP contribution in [0.4, 0.5) is 0 Å². The number of nitrogens with zero attached hydrogens (tertiary/aromatic N) is 2. The molecule has 0 aromatic carbocycles. The Bertz CT molecular complexity index is 259. The van der Waals surface area contributed by atoms with Crippen LogP contribution in [-0.2, 0) is 0 Å². The van der Waals surface area contributed by atoms with E-state index < -0.39 is 0 Å². The van der Waals surface area contributed by atoms with Crippen molar-refractivity contribution >= 4 is 0 Å². The fourth-order valence-electron chi connectivity index (χ4n) is 1.62. The zero-order valence-electron chi connectivity index (χ0n) is 8.15. The number of ether oxygens (including phenoxy) is 1. The lowest BCUT2D eigenvalue weighted by atomic mass is 10.0. The molecule has 2 rings (SSSR count). The van der Waals surface area contributed by atoms with Gasteiger partial charge >= 0.3 is 6.01 Å². The van der Waals surface area contributed by atoms with Gasteiger partial charge in [0.1, 0.15) is 0 Å². The predicted octanol–water partition coefficient (Wildman–Crippen LogP) is 0.855. The van der Waals surface area contributed by atoms with Gasteiger partial charge in [-0.2, -0.15) is 0 Å². The van der Waals surface area contributed by atoms with Crippen molar-refractivity contribution in [1.82, 2.24) is 15.3 Å². The topological polar surface area (TPSA) is 47.0 Å². The number of hydrogen-bond donors (Lipinski definition) is 1. The van der Waals surface area contributed by atoms with Crippen LogP contribution < -0.4 is 10.1 Å². The van der Waals surface area contributed by atoms with Crippen LogP contribution in [0.15, 0.2) is 18.5 Å². The largest absolute Gasteiger partial charge is 0.463 e. The fourth-order valence-corrected chi connectivity index (χ4v) is 1.62. The summed E-state index contributed by atoms with van der Waals surface area (Å²) in [5.74, 6) is 0.604. The number of piperidine rings is 1. The lowest BCUT2D eigenvalue weighted by Crippen LogP contribution is -2.33. The third kappa shape index (κ3) is 2.67. The van der Waals surface area contributed by atoms with E-state index in [1.165, 1.54) is 12.8 Å². The summed E-state index contributed by atoms with van der Waals surface area (Å²) >= 11 is 0. The van der Waals surface area contributed by atoms with Crippen molar-refractivity contribution in [3.05, 3.63) is 18.5 Å². The molecule has 4 nitrogen and oxygen atoms in total. The SMILES string of the molecule is c1cnc(OC[C@@H]2CCCNC2)nc1. The van der Waals surface area contributed by atoms with Gasteiger partial charge in [0.05, 0.1) is 6.61 Å². The molecule has 0 radical (unpaired) electrons. The summed E-state index contributed by atoms with van der Waals surface area (Å²) in [5, 5.41) is 3.35. The van der Waals surface area contributed by atoms with Gasteiger partial charge in [0.25, 0.3) is 0 Å². The molecule has 0 unspecified atom stereocenters. The molecule has 0 bridgehead atoms. The first-order chi connectivity index (χ1) is 6.95. The van der Waals surface area contributed by atoms with E-state index in [0.29, 0.717) is 11.9 Å². The summed E-state index contributed by atoms with van der Waals surface area (Å²) in [4.78, 5) is 8.02. The Morgan fingerprint density at radius 2 is 2.29 bits per heavy atom. The van der Waals surface area contributed by atoms with E-state index in [1.807, 2.05) is 0 Å². The Balaban J connectivity index is 1.76. The van der Waals surface area contributed by atoms with Crippen molar-refractivity contribution in [2.75, 3.05) is 19.7 Å². The molecule has 14 heavy (non-hydrogen) atoms. The third-order valence-corrected chi connectivity index (χ3v) is 2.39. The quantitative estimate of drug-likeness (QED) is 0.773. The summed E-state index contributed by atoms with van der Waals surface area (Å²) in [6.45, 7) is 2.90. The predicted molar refractivity (Wildman–Crippen MR) is 53.1 cm³/mol. The Kier molecular flexibility index (Phi) is 3.29. The summed E-state index contributed by atoms with van der Waals surface area (Å²) in [6.07, 6.45) is 5.87. The molecular weight excluding hydrogens is 178 g/mol. The van der Waals surface area contributed by atoms with Crippen molar-refractivity contribution in [3.8, 4) is 6.01 Å². The second kappa shape index (κ2) is 4.91. The lowest BCUT2D eigenvalue weighted by Gasteiger charge is -2.21. The number of aromatic nitrogens is 2. The molecule has 1 atom stereocenters. The average molecular weight is 193 g/mol. The molecule has 1 N–H and O–H groups in total. The number of rotatable bonds is 3. The second-order valence-electron chi connectivity index (χ2n) is 3.55. The molecule has 1 saturated heterocycles. The minimum Gasteiger partial charge on any atom is -0.463 e. The molecule has 0 spiro atoms. The lowest BCUT2D eigenvalue weighted by molar-refractivity contribution is 0.205. The highest BCUT2D eigenvalue weighted by Gasteiger charge is 2.13. The molecule has 1 aromatic rings.